The van der Waals surface area contributed by atoms with Gasteiger partial charge in [0.25, 0.3) is 0 Å². The monoisotopic (exact) mass is 859 g/mol. The Balaban J connectivity index is 1.13. The molecule has 22 heteroatoms. The van der Waals surface area contributed by atoms with Crippen molar-refractivity contribution in [3.63, 3.8) is 0 Å². The predicted molar refractivity (Wildman–Crippen MR) is 214 cm³/mol. The number of hydrogen-bond acceptors (Lipinski definition) is 12. The highest BCUT2D eigenvalue weighted by molar-refractivity contribution is 5.97. The number of carboxylic acids is 1. The van der Waals surface area contributed by atoms with Gasteiger partial charge in [-0.15, -0.1) is 0 Å². The van der Waals surface area contributed by atoms with Crippen molar-refractivity contribution in [2.24, 2.45) is 11.5 Å². The number of nitrogens with zero attached hydrogens (tertiary/aromatic N) is 5. The first-order valence-electron chi connectivity index (χ1n) is 21.5. The number of unbranched alkanes of at least 4 members (excludes halogenated alkanes) is 1. The van der Waals surface area contributed by atoms with Crippen LogP contribution in [0.5, 0.6) is 0 Å². The number of hydrogen-bond donors (Lipinski definition) is 7. The van der Waals surface area contributed by atoms with Crippen LogP contribution in [-0.2, 0) is 47.9 Å². The summed E-state index contributed by atoms with van der Waals surface area (Å²) in [5.74, 6) is -5.61. The van der Waals surface area contributed by atoms with E-state index < -0.39 is 103 Å². The highest BCUT2D eigenvalue weighted by atomic mass is 16.4. The molecule has 5 heterocycles. The van der Waals surface area contributed by atoms with Crippen molar-refractivity contribution in [1.29, 1.82) is 0 Å². The first kappa shape index (κ1) is 46.7. The van der Waals surface area contributed by atoms with Gasteiger partial charge < -0.3 is 62.3 Å². The molecule has 22 nitrogen and oxygen atoms in total. The molecule has 5 aliphatic heterocycles. The summed E-state index contributed by atoms with van der Waals surface area (Å²) in [5, 5.41) is 19.2. The summed E-state index contributed by atoms with van der Waals surface area (Å²) in [7, 11) is 0. The molecular weight excluding hydrogens is 798 g/mol. The van der Waals surface area contributed by atoms with Crippen molar-refractivity contribution in [1.82, 2.24) is 45.8 Å². The SMILES string of the molecule is NCCCC[C@H](NC(=O)[C@@H]1CCCN1C(=O)CNC(=O)[C@@H]1CCCN1C(=O)[C@@H]1CCCN1C(=O)CN)C(=O)NCC(=O)N1CCC[C@H]1C(=O)N1CCC[C@H]1C(=O)NCC(=O)O. The summed E-state index contributed by atoms with van der Waals surface area (Å²) in [5.41, 5.74) is 11.2. The van der Waals surface area contributed by atoms with Crippen LogP contribution in [0.2, 0.25) is 0 Å². The zero-order chi connectivity index (χ0) is 44.2. The van der Waals surface area contributed by atoms with Crippen molar-refractivity contribution in [2.45, 2.75) is 120 Å². The van der Waals surface area contributed by atoms with Gasteiger partial charge in [-0.1, -0.05) is 0 Å². The Bertz CT molecular complexity index is 1700. The number of carbonyl (C=O) groups is 10. The van der Waals surface area contributed by atoms with Crippen LogP contribution in [0.25, 0.3) is 0 Å². The predicted octanol–water partition coefficient (Wildman–Crippen LogP) is -4.05. The van der Waals surface area contributed by atoms with Gasteiger partial charge in [-0.05, 0) is 90.0 Å². The zero-order valence-corrected chi connectivity index (χ0v) is 34.6. The lowest BCUT2D eigenvalue weighted by molar-refractivity contribution is -0.147. The summed E-state index contributed by atoms with van der Waals surface area (Å²) in [6.45, 7) is 0.211. The number of carboxylic acid groups (broad SMARTS) is 1. The van der Waals surface area contributed by atoms with Gasteiger partial charge in [0.05, 0.1) is 19.6 Å². The van der Waals surface area contributed by atoms with Gasteiger partial charge in [0.15, 0.2) is 0 Å². The van der Waals surface area contributed by atoms with E-state index in [-0.39, 0.29) is 44.4 Å². The Morgan fingerprint density at radius 2 is 0.918 bits per heavy atom. The minimum atomic E-state index is -1.21. The van der Waals surface area contributed by atoms with Crippen LogP contribution in [0.4, 0.5) is 0 Å². The maximum Gasteiger partial charge on any atom is 0.322 e. The Morgan fingerprint density at radius 3 is 1.39 bits per heavy atom. The summed E-state index contributed by atoms with van der Waals surface area (Å²) < 4.78 is 0. The second-order valence-electron chi connectivity index (χ2n) is 16.2. The van der Waals surface area contributed by atoms with E-state index in [1.807, 2.05) is 0 Å². The molecule has 338 valence electrons. The summed E-state index contributed by atoms with van der Waals surface area (Å²) in [4.78, 5) is 137. The van der Waals surface area contributed by atoms with Crippen LogP contribution in [0, 0.1) is 0 Å². The molecule has 0 aromatic carbocycles. The van der Waals surface area contributed by atoms with Crippen LogP contribution >= 0.6 is 0 Å². The molecule has 0 saturated carbocycles. The largest absolute Gasteiger partial charge is 0.480 e. The van der Waals surface area contributed by atoms with Gasteiger partial charge in [-0.2, -0.15) is 0 Å². The van der Waals surface area contributed by atoms with Gasteiger partial charge >= 0.3 is 5.97 Å². The third-order valence-electron chi connectivity index (χ3n) is 12.3. The maximum atomic E-state index is 13.7. The van der Waals surface area contributed by atoms with Gasteiger partial charge in [0, 0.05) is 32.7 Å². The average molecular weight is 860 g/mol. The topological polar surface area (TPSA) is 307 Å². The lowest BCUT2D eigenvalue weighted by Crippen LogP contribution is -2.56. The normalized spacial score (nSPS) is 24.1. The lowest BCUT2D eigenvalue weighted by Gasteiger charge is -2.31. The van der Waals surface area contributed by atoms with Crippen LogP contribution in [0.1, 0.15) is 83.5 Å². The molecule has 6 atom stereocenters. The quantitative estimate of drug-likeness (QED) is 0.0647. The molecule has 0 aliphatic carbocycles. The van der Waals surface area contributed by atoms with Crippen molar-refractivity contribution in [3.8, 4) is 0 Å². The number of amides is 9. The van der Waals surface area contributed by atoms with Crippen molar-refractivity contribution < 1.29 is 53.1 Å². The molecule has 0 spiro atoms. The second kappa shape index (κ2) is 21.9. The Hall–Kier alpha value is -5.38. The van der Waals surface area contributed by atoms with Crippen LogP contribution < -0.4 is 32.7 Å². The fourth-order valence-electron chi connectivity index (χ4n) is 9.17. The van der Waals surface area contributed by atoms with Gasteiger partial charge in [0.2, 0.25) is 53.2 Å². The number of aliphatic carboxylic acids is 1. The molecule has 61 heavy (non-hydrogen) atoms. The smallest absolute Gasteiger partial charge is 0.322 e. The lowest BCUT2D eigenvalue weighted by atomic mass is 10.1. The Morgan fingerprint density at radius 1 is 0.508 bits per heavy atom. The molecule has 0 unspecified atom stereocenters. The average Bonchev–Trinajstić information content (AvgIpc) is 4.11. The standard InChI is InChI=1S/C39H61N11O11/c40-14-2-1-8-24(34(56)42-21-32(53)48-17-7-13-29(48)39(61)50-19-5-10-26(50)36(58)44-23-33(54)55)45-37(59)27-11-3-15-46(27)31(52)22-43-35(57)25-9-4-18-49(25)38(60)28-12-6-16-47(28)30(51)20-41/h24-29H,1-23,40-41H2,(H,42,56)(H,43,57)(H,44,58)(H,45,59)(H,54,55)/t24-,25-,26-,27-,28-,29-/m0/s1. The third kappa shape index (κ3) is 11.5. The molecule has 5 fully saturated rings. The van der Waals surface area contributed by atoms with Gasteiger partial charge in [0.1, 0.15) is 42.8 Å². The van der Waals surface area contributed by atoms with E-state index >= 15 is 0 Å². The van der Waals surface area contributed by atoms with Crippen molar-refractivity contribution in [2.75, 3.05) is 65.4 Å². The minimum Gasteiger partial charge on any atom is -0.480 e. The molecule has 5 saturated heterocycles. The summed E-state index contributed by atoms with van der Waals surface area (Å²) >= 11 is 0. The third-order valence-corrected chi connectivity index (χ3v) is 12.3. The fourth-order valence-corrected chi connectivity index (χ4v) is 9.17. The van der Waals surface area contributed by atoms with Crippen LogP contribution in [0.15, 0.2) is 0 Å². The van der Waals surface area contributed by atoms with E-state index in [9.17, 15) is 47.9 Å². The molecule has 9 N–H and O–H groups in total. The Kier molecular flexibility index (Phi) is 16.8. The number of rotatable bonds is 18. The molecule has 0 bridgehead atoms. The number of likely N-dealkylation sites (tertiary alicyclic amines) is 5. The van der Waals surface area contributed by atoms with Gasteiger partial charge in [-0.3, -0.25) is 47.9 Å². The van der Waals surface area contributed by atoms with Crippen LogP contribution in [-0.4, -0.2) is 190 Å². The fraction of sp³-hybridized carbons (Fsp3) is 0.744. The summed E-state index contributed by atoms with van der Waals surface area (Å²) in [6, 6.07) is -5.20. The zero-order valence-electron chi connectivity index (χ0n) is 34.6. The minimum absolute atomic E-state index is 0.195. The van der Waals surface area contributed by atoms with E-state index in [4.69, 9.17) is 16.6 Å². The number of carbonyl (C=O) groups excluding carboxylic acids is 9. The molecule has 0 aromatic rings. The van der Waals surface area contributed by atoms with Crippen molar-refractivity contribution in [3.05, 3.63) is 0 Å². The van der Waals surface area contributed by atoms with E-state index in [2.05, 4.69) is 21.3 Å². The molecular formula is C39H61N11O11. The second-order valence-corrected chi connectivity index (χ2v) is 16.2. The highest BCUT2D eigenvalue weighted by Crippen LogP contribution is 2.27. The summed E-state index contributed by atoms with van der Waals surface area (Å²) in [6.07, 6.45) is 5.92. The molecule has 5 aliphatic rings. The van der Waals surface area contributed by atoms with Crippen LogP contribution in [0.3, 0.4) is 0 Å². The van der Waals surface area contributed by atoms with Crippen molar-refractivity contribution >= 4 is 59.1 Å². The maximum absolute atomic E-state index is 13.7. The van der Waals surface area contributed by atoms with E-state index in [0.29, 0.717) is 96.7 Å². The van der Waals surface area contributed by atoms with E-state index in [0.717, 1.165) is 0 Å². The highest BCUT2D eigenvalue weighted by Gasteiger charge is 2.44. The van der Waals surface area contributed by atoms with E-state index in [1.165, 1.54) is 24.5 Å². The first-order valence-corrected chi connectivity index (χ1v) is 21.5. The molecule has 5 rings (SSSR count). The van der Waals surface area contributed by atoms with E-state index in [1.54, 1.807) is 0 Å². The van der Waals surface area contributed by atoms with Gasteiger partial charge in [-0.25, -0.2) is 0 Å². The number of nitrogens with two attached hydrogens (primary N) is 2. The molecule has 0 aromatic heterocycles. The molecule has 9 amide bonds. The number of nitrogens with one attached hydrogen (secondary N) is 4. The Labute approximate surface area is 354 Å². The first-order chi connectivity index (χ1) is 29.3. The molecule has 0 radical (unpaired) electrons.